The minimum Gasteiger partial charge on any atom is -0.411 e. The van der Waals surface area contributed by atoms with Crippen molar-refractivity contribution in [2.24, 2.45) is 51.5 Å². The second kappa shape index (κ2) is 4.19. The summed E-state index contributed by atoms with van der Waals surface area (Å²) < 4.78 is 0. The van der Waals surface area contributed by atoms with E-state index in [9.17, 15) is 5.21 Å². The van der Waals surface area contributed by atoms with Crippen molar-refractivity contribution in [1.82, 2.24) is 0 Å². The van der Waals surface area contributed by atoms with Crippen LogP contribution in [-0.2, 0) is 0 Å². The first-order chi connectivity index (χ1) is 10.2. The molecule has 0 amide bonds. The summed E-state index contributed by atoms with van der Waals surface area (Å²) in [7, 11) is 0. The molecule has 0 aliphatic heterocycles. The van der Waals surface area contributed by atoms with E-state index in [4.69, 9.17) is 0 Å². The molecule has 0 heterocycles. The van der Waals surface area contributed by atoms with Gasteiger partial charge in [0.2, 0.25) is 0 Å². The molecule has 0 spiro atoms. The van der Waals surface area contributed by atoms with E-state index in [-0.39, 0.29) is 0 Å². The van der Waals surface area contributed by atoms with E-state index in [0.717, 1.165) is 23.5 Å². The Morgan fingerprint density at radius 1 is 0.955 bits per heavy atom. The summed E-state index contributed by atoms with van der Waals surface area (Å²) in [6.07, 6.45) is 3.82. The summed E-state index contributed by atoms with van der Waals surface area (Å²) in [6.45, 7) is 14.6. The van der Waals surface area contributed by atoms with Crippen LogP contribution in [0.2, 0.25) is 0 Å². The monoisotopic (exact) mass is 301 g/mol. The molecule has 4 aliphatic carbocycles. The van der Waals surface area contributed by atoms with Crippen LogP contribution in [0.1, 0.15) is 60.8 Å². The Balaban J connectivity index is 1.81. The lowest BCUT2D eigenvalue weighted by atomic mass is 9.62. The molecular formula is C20H31NO. The maximum Gasteiger partial charge on any atom is 0.0864 e. The van der Waals surface area contributed by atoms with E-state index in [1.165, 1.54) is 24.8 Å². The number of rotatable bonds is 0. The number of nitrogens with zero attached hydrogens (tertiary/aromatic N) is 1. The Morgan fingerprint density at radius 3 is 2.14 bits per heavy atom. The average molecular weight is 301 g/mol. The zero-order valence-corrected chi connectivity index (χ0v) is 15.0. The van der Waals surface area contributed by atoms with E-state index < -0.39 is 0 Å². The Labute approximate surface area is 135 Å². The fraction of sp³-hybridized carbons (Fsp3) is 0.850. The standard InChI is InChI=1S/C20H31NO/c1-10-13-7-12(19(10,3)4)8-15(13)17-16-9-14(18(17)21-22)11(2)20(16,5)6/h10-14,16,22H,7-9H2,1-6H3/b17-15-,21-18-/t10-,11-,12+,13+,14+,16+/m1/s1. The highest BCUT2D eigenvalue weighted by Gasteiger charge is 2.60. The molecule has 2 heteroatoms. The van der Waals surface area contributed by atoms with E-state index in [2.05, 4.69) is 46.7 Å². The van der Waals surface area contributed by atoms with Gasteiger partial charge in [-0.05, 0) is 65.3 Å². The van der Waals surface area contributed by atoms with Gasteiger partial charge in [-0.15, -0.1) is 0 Å². The Kier molecular flexibility index (Phi) is 2.81. The molecule has 0 unspecified atom stereocenters. The van der Waals surface area contributed by atoms with Crippen LogP contribution in [0.5, 0.6) is 0 Å². The maximum absolute atomic E-state index is 9.70. The highest BCUT2D eigenvalue weighted by Crippen LogP contribution is 2.66. The van der Waals surface area contributed by atoms with Crippen molar-refractivity contribution in [3.05, 3.63) is 11.1 Å². The normalized spacial score (nSPS) is 52.9. The van der Waals surface area contributed by atoms with Gasteiger partial charge < -0.3 is 5.21 Å². The van der Waals surface area contributed by atoms with Crippen molar-refractivity contribution in [3.63, 3.8) is 0 Å². The number of hydrogen-bond acceptors (Lipinski definition) is 2. The molecule has 0 aromatic carbocycles. The summed E-state index contributed by atoms with van der Waals surface area (Å²) in [6, 6.07) is 0. The van der Waals surface area contributed by atoms with Gasteiger partial charge in [0.15, 0.2) is 0 Å². The lowest BCUT2D eigenvalue weighted by molar-refractivity contribution is 0.160. The van der Waals surface area contributed by atoms with Crippen LogP contribution < -0.4 is 0 Å². The van der Waals surface area contributed by atoms with Gasteiger partial charge in [0.05, 0.1) is 5.71 Å². The van der Waals surface area contributed by atoms with Gasteiger partial charge in [-0.25, -0.2) is 0 Å². The van der Waals surface area contributed by atoms with E-state index >= 15 is 0 Å². The predicted molar refractivity (Wildman–Crippen MR) is 89.9 cm³/mol. The average Bonchev–Trinajstić information content (AvgIpc) is 3.14. The minimum atomic E-state index is 0.349. The van der Waals surface area contributed by atoms with Gasteiger partial charge in [0, 0.05) is 5.92 Å². The molecule has 6 atom stereocenters. The van der Waals surface area contributed by atoms with Crippen molar-refractivity contribution in [3.8, 4) is 0 Å². The molecule has 122 valence electrons. The highest BCUT2D eigenvalue weighted by atomic mass is 16.4. The van der Waals surface area contributed by atoms with Crippen molar-refractivity contribution >= 4 is 5.71 Å². The lowest BCUT2D eigenvalue weighted by Crippen LogP contribution is -2.37. The molecule has 4 rings (SSSR count). The fourth-order valence-electron chi connectivity index (χ4n) is 6.55. The lowest BCUT2D eigenvalue weighted by Gasteiger charge is -2.42. The molecule has 0 radical (unpaired) electrons. The molecule has 22 heavy (non-hydrogen) atoms. The first-order valence-corrected chi connectivity index (χ1v) is 9.16. The molecule has 4 bridgehead atoms. The molecular weight excluding hydrogens is 270 g/mol. The van der Waals surface area contributed by atoms with Crippen LogP contribution in [0, 0.1) is 46.3 Å². The Hall–Kier alpha value is -0.790. The molecule has 0 saturated heterocycles. The van der Waals surface area contributed by atoms with Crippen LogP contribution in [0.25, 0.3) is 0 Å². The smallest absolute Gasteiger partial charge is 0.0864 e. The zero-order valence-electron chi connectivity index (χ0n) is 15.0. The van der Waals surface area contributed by atoms with Crippen LogP contribution in [0.4, 0.5) is 0 Å². The summed E-state index contributed by atoms with van der Waals surface area (Å²) in [4.78, 5) is 0. The Bertz CT molecular complexity index is 579. The van der Waals surface area contributed by atoms with Gasteiger partial charge in [0.25, 0.3) is 0 Å². The maximum atomic E-state index is 9.70. The number of allylic oxidation sites excluding steroid dienone is 2. The number of oxime groups is 1. The fourth-order valence-corrected chi connectivity index (χ4v) is 6.55. The predicted octanol–water partition coefficient (Wildman–Crippen LogP) is 5.13. The van der Waals surface area contributed by atoms with Crippen molar-refractivity contribution in [1.29, 1.82) is 0 Å². The van der Waals surface area contributed by atoms with Crippen LogP contribution in [-0.4, -0.2) is 10.9 Å². The zero-order chi connectivity index (χ0) is 16.0. The number of hydrogen-bond donors (Lipinski definition) is 1. The summed E-state index contributed by atoms with van der Waals surface area (Å²) in [5.41, 5.74) is 5.06. The third-order valence-electron chi connectivity index (χ3n) is 8.88. The Morgan fingerprint density at radius 2 is 1.59 bits per heavy atom. The van der Waals surface area contributed by atoms with Gasteiger partial charge in [-0.2, -0.15) is 0 Å². The number of fused-ring (bicyclic) bond motifs is 4. The SMILES string of the molecule is C[C@@H]1[C@@H]2C[C@@H](C/C2=C2/C(=N\O)[C@H]3C[C@@H]2C(C)(C)[C@@H]3C)C1(C)C. The second-order valence-corrected chi connectivity index (χ2v) is 9.78. The highest BCUT2D eigenvalue weighted by molar-refractivity contribution is 6.06. The first kappa shape index (κ1) is 14.8. The largest absolute Gasteiger partial charge is 0.411 e. The third-order valence-corrected chi connectivity index (χ3v) is 8.88. The summed E-state index contributed by atoms with van der Waals surface area (Å²) in [5.74, 6) is 4.04. The molecule has 2 nitrogen and oxygen atoms in total. The molecule has 4 saturated carbocycles. The molecule has 4 fully saturated rings. The molecule has 0 aromatic rings. The van der Waals surface area contributed by atoms with Crippen molar-refractivity contribution < 1.29 is 5.21 Å². The van der Waals surface area contributed by atoms with Crippen LogP contribution in [0.3, 0.4) is 0 Å². The summed E-state index contributed by atoms with van der Waals surface area (Å²) >= 11 is 0. The van der Waals surface area contributed by atoms with Gasteiger partial charge in [-0.3, -0.25) is 0 Å². The topological polar surface area (TPSA) is 32.6 Å². The quantitative estimate of drug-likeness (QED) is 0.488. The van der Waals surface area contributed by atoms with E-state index in [1.54, 1.807) is 5.57 Å². The van der Waals surface area contributed by atoms with Crippen LogP contribution >= 0.6 is 0 Å². The first-order valence-electron chi connectivity index (χ1n) is 9.16. The molecule has 4 aliphatic rings. The third kappa shape index (κ3) is 1.50. The van der Waals surface area contributed by atoms with E-state index in [1.807, 2.05) is 0 Å². The second-order valence-electron chi connectivity index (χ2n) is 9.78. The minimum absolute atomic E-state index is 0.349. The van der Waals surface area contributed by atoms with Crippen molar-refractivity contribution in [2.75, 3.05) is 0 Å². The van der Waals surface area contributed by atoms with E-state index in [0.29, 0.717) is 28.6 Å². The van der Waals surface area contributed by atoms with Gasteiger partial charge in [0.1, 0.15) is 0 Å². The molecule has 1 N–H and O–H groups in total. The van der Waals surface area contributed by atoms with Gasteiger partial charge >= 0.3 is 0 Å². The van der Waals surface area contributed by atoms with Crippen LogP contribution in [0.15, 0.2) is 16.3 Å². The summed E-state index contributed by atoms with van der Waals surface area (Å²) in [5, 5.41) is 13.5. The van der Waals surface area contributed by atoms with Crippen molar-refractivity contribution in [2.45, 2.75) is 60.8 Å². The molecule has 0 aromatic heterocycles. The van der Waals surface area contributed by atoms with Gasteiger partial charge in [-0.1, -0.05) is 52.3 Å².